The second kappa shape index (κ2) is 8.67. The second-order valence-electron chi connectivity index (χ2n) is 6.67. The van der Waals surface area contributed by atoms with E-state index in [1.165, 1.54) is 6.42 Å². The molecule has 1 saturated heterocycles. The summed E-state index contributed by atoms with van der Waals surface area (Å²) < 4.78 is 11.0. The molecule has 1 unspecified atom stereocenters. The molecule has 1 fully saturated rings. The third-order valence-corrected chi connectivity index (χ3v) is 4.41. The van der Waals surface area contributed by atoms with E-state index in [1.807, 2.05) is 24.3 Å². The number of para-hydroxylation sites is 2. The summed E-state index contributed by atoms with van der Waals surface area (Å²) in [6, 6.07) is 10.9. The molecule has 0 radical (unpaired) electrons. The molecule has 0 spiro atoms. The van der Waals surface area contributed by atoms with Crippen LogP contribution in [0.1, 0.15) is 19.8 Å². The fourth-order valence-electron chi connectivity index (χ4n) is 3.16. The Hall–Kier alpha value is -2.60. The molecule has 6 heteroatoms. The molecule has 138 valence electrons. The number of piperidine rings is 1. The van der Waals surface area contributed by atoms with E-state index in [2.05, 4.69) is 22.1 Å². The van der Waals surface area contributed by atoms with Gasteiger partial charge < -0.3 is 14.8 Å². The summed E-state index contributed by atoms with van der Waals surface area (Å²) in [6.45, 7) is 4.62. The number of rotatable bonds is 6. The smallest absolute Gasteiger partial charge is 0.238 e. The minimum Gasteiger partial charge on any atom is -0.493 e. The standard InChI is InChI=1S/C20H25N3O3/c1-15-6-5-11-23(13-15)14-19(24)22-16-9-10-20(21-12-16)26-18-8-4-3-7-17(18)25-2/h3-4,7-10,12,15H,5-6,11,13-14H2,1-2H3,(H,22,24). The summed E-state index contributed by atoms with van der Waals surface area (Å²) >= 11 is 0. The Bertz CT molecular complexity index is 733. The molecular weight excluding hydrogens is 330 g/mol. The van der Waals surface area contributed by atoms with Crippen molar-refractivity contribution >= 4 is 11.6 Å². The molecule has 1 aromatic heterocycles. The normalized spacial score (nSPS) is 17.5. The molecule has 1 aliphatic heterocycles. The maximum absolute atomic E-state index is 12.2. The van der Waals surface area contributed by atoms with Gasteiger partial charge in [-0.1, -0.05) is 19.1 Å². The summed E-state index contributed by atoms with van der Waals surface area (Å²) in [5.74, 6) is 2.32. The highest BCUT2D eigenvalue weighted by Gasteiger charge is 2.18. The van der Waals surface area contributed by atoms with Crippen LogP contribution in [0.3, 0.4) is 0 Å². The Kier molecular flexibility index (Phi) is 6.07. The van der Waals surface area contributed by atoms with Crippen molar-refractivity contribution in [2.45, 2.75) is 19.8 Å². The topological polar surface area (TPSA) is 63.7 Å². The summed E-state index contributed by atoms with van der Waals surface area (Å²) in [4.78, 5) is 18.7. The Morgan fingerprint density at radius 3 is 2.77 bits per heavy atom. The molecule has 1 amide bonds. The third-order valence-electron chi connectivity index (χ3n) is 4.41. The number of hydrogen-bond donors (Lipinski definition) is 1. The van der Waals surface area contributed by atoms with Crippen LogP contribution < -0.4 is 14.8 Å². The van der Waals surface area contributed by atoms with E-state index in [4.69, 9.17) is 9.47 Å². The highest BCUT2D eigenvalue weighted by Crippen LogP contribution is 2.30. The maximum Gasteiger partial charge on any atom is 0.238 e. The first-order valence-electron chi connectivity index (χ1n) is 8.93. The largest absolute Gasteiger partial charge is 0.493 e. The molecule has 1 N–H and O–H groups in total. The maximum atomic E-state index is 12.2. The average Bonchev–Trinajstić information content (AvgIpc) is 2.64. The van der Waals surface area contributed by atoms with Crippen LogP contribution in [-0.2, 0) is 4.79 Å². The highest BCUT2D eigenvalue weighted by atomic mass is 16.5. The number of carbonyl (C=O) groups excluding carboxylic acids is 1. The van der Waals surface area contributed by atoms with Gasteiger partial charge in [-0.25, -0.2) is 4.98 Å². The van der Waals surface area contributed by atoms with Crippen LogP contribution in [0, 0.1) is 5.92 Å². The Morgan fingerprint density at radius 1 is 1.27 bits per heavy atom. The van der Waals surface area contributed by atoms with Gasteiger partial charge in [-0.05, 0) is 43.5 Å². The van der Waals surface area contributed by atoms with E-state index in [0.29, 0.717) is 35.5 Å². The Balaban J connectivity index is 1.55. The number of carbonyl (C=O) groups is 1. The molecule has 6 nitrogen and oxygen atoms in total. The molecule has 1 atom stereocenters. The summed E-state index contributed by atoms with van der Waals surface area (Å²) in [6.07, 6.45) is 4.00. The number of benzene rings is 1. The van der Waals surface area contributed by atoms with Crippen LogP contribution in [-0.4, -0.2) is 42.5 Å². The first-order valence-corrected chi connectivity index (χ1v) is 8.93. The minimum atomic E-state index is -0.0145. The number of anilines is 1. The zero-order valence-electron chi connectivity index (χ0n) is 15.3. The van der Waals surface area contributed by atoms with Crippen LogP contribution in [0.5, 0.6) is 17.4 Å². The molecule has 0 aliphatic carbocycles. The predicted molar refractivity (Wildman–Crippen MR) is 101 cm³/mol. The third kappa shape index (κ3) is 4.95. The van der Waals surface area contributed by atoms with Crippen molar-refractivity contribution in [1.29, 1.82) is 0 Å². The lowest BCUT2D eigenvalue weighted by atomic mass is 10.0. The van der Waals surface area contributed by atoms with E-state index in [0.717, 1.165) is 19.5 Å². The van der Waals surface area contributed by atoms with Crippen LogP contribution >= 0.6 is 0 Å². The zero-order chi connectivity index (χ0) is 18.4. The zero-order valence-corrected chi connectivity index (χ0v) is 15.3. The number of likely N-dealkylation sites (tertiary alicyclic amines) is 1. The SMILES string of the molecule is COc1ccccc1Oc1ccc(NC(=O)CN2CCCC(C)C2)cn1. The van der Waals surface area contributed by atoms with Crippen LogP contribution in [0.4, 0.5) is 5.69 Å². The van der Waals surface area contributed by atoms with E-state index in [9.17, 15) is 4.79 Å². The van der Waals surface area contributed by atoms with Gasteiger partial charge in [0.05, 0.1) is 25.5 Å². The number of amides is 1. The number of pyridine rings is 1. The van der Waals surface area contributed by atoms with E-state index < -0.39 is 0 Å². The molecule has 3 rings (SSSR count). The Labute approximate surface area is 154 Å². The molecule has 26 heavy (non-hydrogen) atoms. The summed E-state index contributed by atoms with van der Waals surface area (Å²) in [5.41, 5.74) is 0.660. The Morgan fingerprint density at radius 2 is 2.08 bits per heavy atom. The molecular formula is C20H25N3O3. The lowest BCUT2D eigenvalue weighted by Crippen LogP contribution is -2.39. The molecule has 0 bridgehead atoms. The quantitative estimate of drug-likeness (QED) is 0.858. The molecule has 0 saturated carbocycles. The number of hydrogen-bond acceptors (Lipinski definition) is 5. The number of nitrogens with one attached hydrogen (secondary N) is 1. The van der Waals surface area contributed by atoms with Crippen molar-refractivity contribution in [3.63, 3.8) is 0 Å². The van der Waals surface area contributed by atoms with Crippen molar-refractivity contribution in [1.82, 2.24) is 9.88 Å². The molecule has 2 aromatic rings. The molecule has 1 aliphatic rings. The predicted octanol–water partition coefficient (Wildman–Crippen LogP) is 3.55. The fourth-order valence-corrected chi connectivity index (χ4v) is 3.16. The first-order chi connectivity index (χ1) is 12.6. The van der Waals surface area contributed by atoms with Gasteiger partial charge in [0.2, 0.25) is 11.8 Å². The minimum absolute atomic E-state index is 0.0145. The first kappa shape index (κ1) is 18.2. The highest BCUT2D eigenvalue weighted by molar-refractivity contribution is 5.92. The molecule has 2 heterocycles. The summed E-state index contributed by atoms with van der Waals surface area (Å²) in [7, 11) is 1.59. The number of nitrogens with zero attached hydrogens (tertiary/aromatic N) is 2. The van der Waals surface area contributed by atoms with Crippen molar-refractivity contribution in [2.75, 3.05) is 32.1 Å². The van der Waals surface area contributed by atoms with Gasteiger partial charge >= 0.3 is 0 Å². The summed E-state index contributed by atoms with van der Waals surface area (Å²) in [5, 5.41) is 2.89. The van der Waals surface area contributed by atoms with Gasteiger partial charge in [-0.3, -0.25) is 9.69 Å². The van der Waals surface area contributed by atoms with E-state index >= 15 is 0 Å². The van der Waals surface area contributed by atoms with Gasteiger partial charge in [-0.15, -0.1) is 0 Å². The van der Waals surface area contributed by atoms with Crippen molar-refractivity contribution in [3.8, 4) is 17.4 Å². The monoisotopic (exact) mass is 355 g/mol. The van der Waals surface area contributed by atoms with Gasteiger partial charge in [0.15, 0.2) is 11.5 Å². The van der Waals surface area contributed by atoms with Crippen molar-refractivity contribution in [3.05, 3.63) is 42.6 Å². The van der Waals surface area contributed by atoms with Gasteiger partial charge in [0.1, 0.15) is 0 Å². The van der Waals surface area contributed by atoms with Crippen molar-refractivity contribution < 1.29 is 14.3 Å². The van der Waals surface area contributed by atoms with Crippen LogP contribution in [0.15, 0.2) is 42.6 Å². The second-order valence-corrected chi connectivity index (χ2v) is 6.67. The fraction of sp³-hybridized carbons (Fsp3) is 0.400. The van der Waals surface area contributed by atoms with Gasteiger partial charge in [0.25, 0.3) is 0 Å². The average molecular weight is 355 g/mol. The number of aromatic nitrogens is 1. The molecule has 1 aromatic carbocycles. The van der Waals surface area contributed by atoms with Gasteiger partial charge in [-0.2, -0.15) is 0 Å². The van der Waals surface area contributed by atoms with E-state index in [1.54, 1.807) is 25.4 Å². The number of methoxy groups -OCH3 is 1. The van der Waals surface area contributed by atoms with E-state index in [-0.39, 0.29) is 5.91 Å². The number of ether oxygens (including phenoxy) is 2. The van der Waals surface area contributed by atoms with Gasteiger partial charge in [0, 0.05) is 12.6 Å². The van der Waals surface area contributed by atoms with Crippen LogP contribution in [0.25, 0.3) is 0 Å². The van der Waals surface area contributed by atoms with Crippen molar-refractivity contribution in [2.24, 2.45) is 5.92 Å². The lowest BCUT2D eigenvalue weighted by Gasteiger charge is -2.30. The lowest BCUT2D eigenvalue weighted by molar-refractivity contribution is -0.117. The van der Waals surface area contributed by atoms with Crippen LogP contribution in [0.2, 0.25) is 0 Å².